The molecule has 2 aromatic carbocycles. The monoisotopic (exact) mass is 393 g/mol. The molecule has 0 spiro atoms. The molecule has 138 valence electrons. The van der Waals surface area contributed by atoms with Gasteiger partial charge in [-0.05, 0) is 49.1 Å². The molecule has 1 atom stereocenters. The van der Waals surface area contributed by atoms with Crippen molar-refractivity contribution in [3.63, 3.8) is 0 Å². The molecule has 0 aliphatic heterocycles. The first-order valence-corrected chi connectivity index (χ1v) is 9.02. The van der Waals surface area contributed by atoms with Gasteiger partial charge in [0.2, 0.25) is 0 Å². The number of rotatable bonds is 5. The number of esters is 1. The Labute approximate surface area is 163 Å². The first-order valence-electron chi connectivity index (χ1n) is 8.27. The molecule has 1 amide bonds. The highest BCUT2D eigenvalue weighted by atomic mass is 35.5. The summed E-state index contributed by atoms with van der Waals surface area (Å²) < 4.78 is 5.25. The summed E-state index contributed by atoms with van der Waals surface area (Å²) in [6.45, 7) is 7.54. The number of ether oxygens (including phenoxy) is 1. The number of aryl methyl sites for hydroxylation is 1. The molecule has 0 unspecified atom stereocenters. The van der Waals surface area contributed by atoms with Crippen LogP contribution in [0.25, 0.3) is 0 Å². The van der Waals surface area contributed by atoms with Gasteiger partial charge in [0, 0.05) is 10.7 Å². The Morgan fingerprint density at radius 2 is 1.77 bits per heavy atom. The average Bonchev–Trinajstić information content (AvgIpc) is 2.56. The number of carbonyl (C=O) groups excluding carboxylic acids is 2. The Bertz CT molecular complexity index is 834. The first-order chi connectivity index (χ1) is 12.2. The molecular formula is C20H21Cl2NO3. The Morgan fingerprint density at radius 3 is 2.38 bits per heavy atom. The summed E-state index contributed by atoms with van der Waals surface area (Å²) in [7, 11) is 0. The summed E-state index contributed by atoms with van der Waals surface area (Å²) in [6, 6.07) is 10.3. The van der Waals surface area contributed by atoms with Gasteiger partial charge in [-0.3, -0.25) is 4.79 Å². The van der Waals surface area contributed by atoms with Crippen molar-refractivity contribution in [2.45, 2.75) is 39.7 Å². The van der Waals surface area contributed by atoms with Crippen molar-refractivity contribution in [3.8, 4) is 0 Å². The third-order valence-corrected chi connectivity index (χ3v) is 4.53. The maximum atomic E-state index is 12.5. The van der Waals surface area contributed by atoms with E-state index < -0.39 is 18.0 Å². The number of hydrogen-bond donors (Lipinski definition) is 1. The van der Waals surface area contributed by atoms with E-state index in [1.807, 2.05) is 25.1 Å². The van der Waals surface area contributed by atoms with Gasteiger partial charge in [0.05, 0.1) is 10.6 Å². The summed E-state index contributed by atoms with van der Waals surface area (Å²) in [6.07, 6.45) is -0.978. The lowest BCUT2D eigenvalue weighted by Crippen LogP contribution is -2.30. The van der Waals surface area contributed by atoms with Crippen molar-refractivity contribution in [3.05, 3.63) is 63.1 Å². The van der Waals surface area contributed by atoms with Crippen molar-refractivity contribution < 1.29 is 14.3 Å². The zero-order valence-corrected chi connectivity index (χ0v) is 16.6. The zero-order valence-electron chi connectivity index (χ0n) is 15.1. The third-order valence-electron chi connectivity index (χ3n) is 3.98. The average molecular weight is 394 g/mol. The molecule has 4 nitrogen and oxygen atoms in total. The lowest BCUT2D eigenvalue weighted by molar-refractivity contribution is -0.123. The molecule has 0 saturated heterocycles. The normalized spacial score (nSPS) is 12.0. The van der Waals surface area contributed by atoms with Gasteiger partial charge >= 0.3 is 5.97 Å². The molecule has 2 rings (SSSR count). The van der Waals surface area contributed by atoms with E-state index in [1.165, 1.54) is 25.1 Å². The minimum Gasteiger partial charge on any atom is -0.449 e. The van der Waals surface area contributed by atoms with Crippen molar-refractivity contribution in [1.29, 1.82) is 0 Å². The summed E-state index contributed by atoms with van der Waals surface area (Å²) in [4.78, 5) is 24.8. The highest BCUT2D eigenvalue weighted by molar-refractivity contribution is 6.36. The second kappa shape index (κ2) is 8.56. The van der Waals surface area contributed by atoms with Gasteiger partial charge in [0.15, 0.2) is 6.10 Å². The minimum atomic E-state index is -0.978. The van der Waals surface area contributed by atoms with Crippen molar-refractivity contribution in [1.82, 2.24) is 0 Å². The van der Waals surface area contributed by atoms with E-state index in [2.05, 4.69) is 19.2 Å². The molecule has 0 aromatic heterocycles. The summed E-state index contributed by atoms with van der Waals surface area (Å²) in [5.74, 6) is -0.834. The minimum absolute atomic E-state index is 0.162. The van der Waals surface area contributed by atoms with Crippen LogP contribution < -0.4 is 5.32 Å². The molecule has 0 fully saturated rings. The van der Waals surface area contributed by atoms with Crippen molar-refractivity contribution >= 4 is 40.8 Å². The molecule has 2 aromatic rings. The van der Waals surface area contributed by atoms with Crippen LogP contribution in [-0.4, -0.2) is 18.0 Å². The number of benzene rings is 2. The maximum absolute atomic E-state index is 12.5. The van der Waals surface area contributed by atoms with Crippen LogP contribution >= 0.6 is 23.2 Å². The molecule has 0 bridgehead atoms. The van der Waals surface area contributed by atoms with E-state index in [0.717, 1.165) is 16.8 Å². The largest absolute Gasteiger partial charge is 0.449 e. The SMILES string of the molecule is Cc1cccc(C(C)C)c1NC(=O)[C@@H](C)OC(=O)c1ccc(Cl)cc1Cl. The number of amides is 1. The summed E-state index contributed by atoms with van der Waals surface area (Å²) >= 11 is 11.8. The highest BCUT2D eigenvalue weighted by Crippen LogP contribution is 2.28. The van der Waals surface area contributed by atoms with Gasteiger partial charge in [0.1, 0.15) is 0 Å². The first kappa shape index (κ1) is 20.3. The van der Waals surface area contributed by atoms with Gasteiger partial charge in [-0.2, -0.15) is 0 Å². The molecule has 26 heavy (non-hydrogen) atoms. The van der Waals surface area contributed by atoms with Crippen molar-refractivity contribution in [2.24, 2.45) is 0 Å². The van der Waals surface area contributed by atoms with Gasteiger partial charge in [-0.25, -0.2) is 4.79 Å². The highest BCUT2D eigenvalue weighted by Gasteiger charge is 2.22. The Kier molecular flexibility index (Phi) is 6.68. The van der Waals surface area contributed by atoms with E-state index in [0.29, 0.717) is 5.02 Å². The predicted octanol–water partition coefficient (Wildman–Crippen LogP) is 5.61. The standard InChI is InChI=1S/C20H21Cl2NO3/c1-11(2)15-7-5-6-12(3)18(15)23-19(24)13(4)26-20(25)16-9-8-14(21)10-17(16)22/h5-11,13H,1-4H3,(H,23,24)/t13-/m1/s1. The third kappa shape index (κ3) is 4.77. The molecule has 0 aliphatic carbocycles. The molecule has 6 heteroatoms. The second-order valence-electron chi connectivity index (χ2n) is 6.35. The number of para-hydroxylation sites is 1. The Balaban J connectivity index is 2.12. The van der Waals surface area contributed by atoms with Crippen LogP contribution in [0.1, 0.15) is 48.2 Å². The number of nitrogens with one attached hydrogen (secondary N) is 1. The fourth-order valence-electron chi connectivity index (χ4n) is 2.50. The molecule has 0 radical (unpaired) electrons. The van der Waals surface area contributed by atoms with Crippen LogP contribution in [0.15, 0.2) is 36.4 Å². The Morgan fingerprint density at radius 1 is 1.08 bits per heavy atom. The lowest BCUT2D eigenvalue weighted by Gasteiger charge is -2.19. The number of hydrogen-bond acceptors (Lipinski definition) is 3. The van der Waals surface area contributed by atoms with Crippen LogP contribution in [0.4, 0.5) is 5.69 Å². The lowest BCUT2D eigenvalue weighted by atomic mass is 9.98. The Hall–Kier alpha value is -2.04. The van der Waals surface area contributed by atoms with E-state index in [1.54, 1.807) is 0 Å². The van der Waals surface area contributed by atoms with Gasteiger partial charge < -0.3 is 10.1 Å². The number of carbonyl (C=O) groups is 2. The number of anilines is 1. The molecular weight excluding hydrogens is 373 g/mol. The van der Waals surface area contributed by atoms with Crippen LogP contribution in [0, 0.1) is 6.92 Å². The van der Waals surface area contributed by atoms with E-state index in [-0.39, 0.29) is 16.5 Å². The smallest absolute Gasteiger partial charge is 0.340 e. The van der Waals surface area contributed by atoms with E-state index in [9.17, 15) is 9.59 Å². The second-order valence-corrected chi connectivity index (χ2v) is 7.20. The summed E-state index contributed by atoms with van der Waals surface area (Å²) in [5.41, 5.74) is 2.89. The van der Waals surface area contributed by atoms with Crippen LogP contribution in [-0.2, 0) is 9.53 Å². The zero-order chi connectivity index (χ0) is 19.4. The molecule has 1 N–H and O–H groups in total. The maximum Gasteiger partial charge on any atom is 0.340 e. The van der Waals surface area contributed by atoms with Crippen LogP contribution in [0.3, 0.4) is 0 Å². The number of halogens is 2. The van der Waals surface area contributed by atoms with Gasteiger partial charge in [0.25, 0.3) is 5.91 Å². The molecule has 0 heterocycles. The molecule has 0 aliphatic rings. The quantitative estimate of drug-likeness (QED) is 0.671. The fraction of sp³-hybridized carbons (Fsp3) is 0.300. The molecule has 0 saturated carbocycles. The van der Waals surface area contributed by atoms with Crippen molar-refractivity contribution in [2.75, 3.05) is 5.32 Å². The van der Waals surface area contributed by atoms with Gasteiger partial charge in [-0.15, -0.1) is 0 Å². The van der Waals surface area contributed by atoms with Crippen LogP contribution in [0.5, 0.6) is 0 Å². The summed E-state index contributed by atoms with van der Waals surface area (Å²) in [5, 5.41) is 3.46. The fourth-order valence-corrected chi connectivity index (χ4v) is 2.99. The van der Waals surface area contributed by atoms with E-state index >= 15 is 0 Å². The van der Waals surface area contributed by atoms with E-state index in [4.69, 9.17) is 27.9 Å². The predicted molar refractivity (Wildman–Crippen MR) is 105 cm³/mol. The van der Waals surface area contributed by atoms with Crippen LogP contribution in [0.2, 0.25) is 10.0 Å². The topological polar surface area (TPSA) is 55.4 Å². The van der Waals surface area contributed by atoms with Gasteiger partial charge in [-0.1, -0.05) is 55.2 Å².